The van der Waals surface area contributed by atoms with Gasteiger partial charge in [-0.25, -0.2) is 0 Å². The van der Waals surface area contributed by atoms with Crippen molar-refractivity contribution in [2.75, 3.05) is 13.1 Å². The van der Waals surface area contributed by atoms with Crippen LogP contribution in [0.4, 0.5) is 0 Å². The lowest BCUT2D eigenvalue weighted by molar-refractivity contribution is 0.627. The fourth-order valence-corrected chi connectivity index (χ4v) is 0.322. The van der Waals surface area contributed by atoms with Gasteiger partial charge in [0.15, 0.2) is 0 Å². The molecule has 4 N–H and O–H groups in total. The van der Waals surface area contributed by atoms with Crippen molar-refractivity contribution in [3.8, 4) is 0 Å². The van der Waals surface area contributed by atoms with Crippen LogP contribution >= 0.6 is 12.4 Å². The summed E-state index contributed by atoms with van der Waals surface area (Å²) in [7, 11) is 0. The Bertz CT molecular complexity index is 94.8. The third-order valence-electron chi connectivity index (χ3n) is 1.14. The lowest BCUT2D eigenvalue weighted by atomic mass is 10.4. The van der Waals surface area contributed by atoms with Crippen LogP contribution in [0.5, 0.6) is 0 Å². The zero-order valence-corrected chi connectivity index (χ0v) is 7.84. The molecule has 2 unspecified atom stereocenters. The Morgan fingerprint density at radius 3 is 1.45 bits per heavy atom. The molecule has 0 aromatic rings. The first-order valence-corrected chi connectivity index (χ1v) is 3.50. The summed E-state index contributed by atoms with van der Waals surface area (Å²) in [5.41, 5.74) is 10.6. The quantitative estimate of drug-likeness (QED) is 0.621. The molecule has 0 aromatic carbocycles. The van der Waals surface area contributed by atoms with Gasteiger partial charge in [0.1, 0.15) is 0 Å². The molecule has 5 heteroatoms. The van der Waals surface area contributed by atoms with Crippen molar-refractivity contribution < 1.29 is 0 Å². The van der Waals surface area contributed by atoms with Gasteiger partial charge >= 0.3 is 0 Å². The van der Waals surface area contributed by atoms with Gasteiger partial charge in [-0.1, -0.05) is 0 Å². The summed E-state index contributed by atoms with van der Waals surface area (Å²) < 4.78 is 0. The number of nitrogens with zero attached hydrogens (tertiary/aromatic N) is 2. The maximum atomic E-state index is 5.31. The van der Waals surface area contributed by atoms with E-state index < -0.39 is 0 Å². The van der Waals surface area contributed by atoms with Crippen LogP contribution in [-0.2, 0) is 0 Å². The summed E-state index contributed by atoms with van der Waals surface area (Å²) in [6.07, 6.45) is 0. The zero-order valence-electron chi connectivity index (χ0n) is 7.03. The molecule has 0 fully saturated rings. The fourth-order valence-electron chi connectivity index (χ4n) is 0.322. The Labute approximate surface area is 73.8 Å². The van der Waals surface area contributed by atoms with Crippen molar-refractivity contribution in [3.05, 3.63) is 0 Å². The predicted octanol–water partition coefficient (Wildman–Crippen LogP) is 0.555. The molecule has 2 atom stereocenters. The molecule has 0 rings (SSSR count). The van der Waals surface area contributed by atoms with E-state index in [1.807, 2.05) is 13.8 Å². The third kappa shape index (κ3) is 7.71. The first-order chi connectivity index (χ1) is 4.70. The van der Waals surface area contributed by atoms with Gasteiger partial charge in [-0.2, -0.15) is 10.2 Å². The zero-order chi connectivity index (χ0) is 7.98. The largest absolute Gasteiger partial charge is 0.328 e. The van der Waals surface area contributed by atoms with E-state index in [9.17, 15) is 0 Å². The molecule has 0 aliphatic rings. The number of hydrogen-bond acceptors (Lipinski definition) is 4. The van der Waals surface area contributed by atoms with Gasteiger partial charge in [-0.15, -0.1) is 12.4 Å². The second kappa shape index (κ2) is 7.91. The van der Waals surface area contributed by atoms with Crippen molar-refractivity contribution in [3.63, 3.8) is 0 Å². The van der Waals surface area contributed by atoms with E-state index in [1.54, 1.807) is 0 Å². The minimum absolute atomic E-state index is 0. The van der Waals surface area contributed by atoms with Crippen LogP contribution in [0.1, 0.15) is 13.8 Å². The molecule has 0 saturated carbocycles. The number of nitrogens with two attached hydrogens (primary N) is 2. The average Bonchev–Trinajstić information content (AvgIpc) is 1.99. The highest BCUT2D eigenvalue weighted by Crippen LogP contribution is 1.91. The van der Waals surface area contributed by atoms with Gasteiger partial charge in [0.25, 0.3) is 0 Å². The maximum Gasteiger partial charge on any atom is 0.0802 e. The van der Waals surface area contributed by atoms with Crippen LogP contribution in [0, 0.1) is 0 Å². The van der Waals surface area contributed by atoms with Crippen LogP contribution in [-0.4, -0.2) is 25.2 Å². The van der Waals surface area contributed by atoms with E-state index in [0.29, 0.717) is 13.1 Å². The molecule has 0 aliphatic heterocycles. The molecular weight excluding hydrogens is 164 g/mol. The van der Waals surface area contributed by atoms with Gasteiger partial charge in [-0.3, -0.25) is 0 Å². The molecule has 11 heavy (non-hydrogen) atoms. The fraction of sp³-hybridized carbons (Fsp3) is 1.00. The Morgan fingerprint density at radius 2 is 1.27 bits per heavy atom. The molecule has 0 aromatic heterocycles. The SMILES string of the molecule is CC(CN)N=NC(C)CN.Cl. The Morgan fingerprint density at radius 1 is 1.00 bits per heavy atom. The molecule has 0 saturated heterocycles. The number of halogens is 1. The lowest BCUT2D eigenvalue weighted by Crippen LogP contribution is -2.16. The molecule has 68 valence electrons. The normalized spacial score (nSPS) is 16.0. The topological polar surface area (TPSA) is 76.8 Å². The third-order valence-corrected chi connectivity index (χ3v) is 1.14. The summed E-state index contributed by atoms with van der Waals surface area (Å²) >= 11 is 0. The molecule has 0 spiro atoms. The predicted molar refractivity (Wildman–Crippen MR) is 49.1 cm³/mol. The van der Waals surface area contributed by atoms with Crippen LogP contribution in [0.25, 0.3) is 0 Å². The average molecular weight is 181 g/mol. The minimum Gasteiger partial charge on any atom is -0.328 e. The summed E-state index contributed by atoms with van der Waals surface area (Å²) in [6, 6.07) is 0.239. The number of azo groups is 1. The van der Waals surface area contributed by atoms with Crippen molar-refractivity contribution in [2.45, 2.75) is 25.9 Å². The standard InChI is InChI=1S/C6H16N4.ClH/c1-5(3-7)9-10-6(2)4-8;/h5-6H,3-4,7-8H2,1-2H3;1H. The van der Waals surface area contributed by atoms with Gasteiger partial charge < -0.3 is 11.5 Å². The van der Waals surface area contributed by atoms with Crippen molar-refractivity contribution in [1.82, 2.24) is 0 Å². The monoisotopic (exact) mass is 180 g/mol. The summed E-state index contributed by atoms with van der Waals surface area (Å²) in [5.74, 6) is 0. The lowest BCUT2D eigenvalue weighted by Gasteiger charge is -2.01. The molecule has 0 amide bonds. The van der Waals surface area contributed by atoms with Gasteiger partial charge in [0.2, 0.25) is 0 Å². The molecule has 0 heterocycles. The van der Waals surface area contributed by atoms with E-state index in [2.05, 4.69) is 10.2 Å². The summed E-state index contributed by atoms with van der Waals surface area (Å²) in [4.78, 5) is 0. The van der Waals surface area contributed by atoms with Crippen LogP contribution in [0.15, 0.2) is 10.2 Å². The molecule has 4 nitrogen and oxygen atoms in total. The Hall–Kier alpha value is -0.190. The van der Waals surface area contributed by atoms with Crippen molar-refractivity contribution >= 4 is 12.4 Å². The maximum absolute atomic E-state index is 5.31. The Kier molecular flexibility index (Phi) is 9.64. The van der Waals surface area contributed by atoms with Crippen molar-refractivity contribution in [1.29, 1.82) is 0 Å². The second-order valence-electron chi connectivity index (χ2n) is 2.40. The molecule has 0 radical (unpaired) electrons. The minimum atomic E-state index is 0. The van der Waals surface area contributed by atoms with E-state index in [4.69, 9.17) is 11.5 Å². The van der Waals surface area contributed by atoms with Gasteiger partial charge in [-0.05, 0) is 13.8 Å². The first-order valence-electron chi connectivity index (χ1n) is 3.50. The summed E-state index contributed by atoms with van der Waals surface area (Å²) in [5, 5.41) is 7.87. The van der Waals surface area contributed by atoms with Gasteiger partial charge in [0, 0.05) is 13.1 Å². The molecule has 0 aliphatic carbocycles. The van der Waals surface area contributed by atoms with E-state index >= 15 is 0 Å². The van der Waals surface area contributed by atoms with Crippen LogP contribution in [0.2, 0.25) is 0 Å². The Balaban J connectivity index is 0. The highest BCUT2D eigenvalue weighted by molar-refractivity contribution is 5.85. The van der Waals surface area contributed by atoms with E-state index in [-0.39, 0.29) is 24.5 Å². The van der Waals surface area contributed by atoms with Crippen LogP contribution < -0.4 is 11.5 Å². The second-order valence-corrected chi connectivity index (χ2v) is 2.40. The molecular formula is C6H17ClN4. The molecule has 0 bridgehead atoms. The van der Waals surface area contributed by atoms with E-state index in [1.165, 1.54) is 0 Å². The van der Waals surface area contributed by atoms with Gasteiger partial charge in [0.05, 0.1) is 12.1 Å². The van der Waals surface area contributed by atoms with E-state index in [0.717, 1.165) is 0 Å². The first kappa shape index (κ1) is 13.4. The smallest absolute Gasteiger partial charge is 0.0802 e. The highest BCUT2D eigenvalue weighted by atomic mass is 35.5. The van der Waals surface area contributed by atoms with Crippen LogP contribution in [0.3, 0.4) is 0 Å². The summed E-state index contributed by atoms with van der Waals surface area (Å²) in [6.45, 7) is 4.93. The number of hydrogen-bond donors (Lipinski definition) is 2. The highest BCUT2D eigenvalue weighted by Gasteiger charge is 1.96. The number of rotatable bonds is 4. The van der Waals surface area contributed by atoms with Crippen molar-refractivity contribution in [2.24, 2.45) is 21.7 Å².